The summed E-state index contributed by atoms with van der Waals surface area (Å²) in [6, 6.07) is 17.3. The minimum Gasteiger partial charge on any atom is -0.497 e. The Morgan fingerprint density at radius 1 is 0.950 bits per heavy atom. The Kier molecular flexibility index (Phi) is 8.90. The SMILES string of the molecule is COC(=O)C(CCN1C(=O)c2ccccc2C1=O)N(CC#Cc1ccc(Cl)cc1)S(=O)(=O)c1ccc(OC)cc1. The molecule has 0 saturated heterocycles. The van der Waals surface area contributed by atoms with Crippen molar-refractivity contribution >= 4 is 39.4 Å². The lowest BCUT2D eigenvalue weighted by molar-refractivity contribution is -0.145. The second-order valence-corrected chi connectivity index (χ2v) is 11.0. The number of rotatable bonds is 9. The van der Waals surface area contributed by atoms with E-state index in [0.29, 0.717) is 16.3 Å². The van der Waals surface area contributed by atoms with Crippen LogP contribution in [0.15, 0.2) is 77.7 Å². The number of imide groups is 1. The average Bonchev–Trinajstić information content (AvgIpc) is 3.21. The molecule has 0 saturated carbocycles. The molecule has 1 aliphatic heterocycles. The molecule has 3 aromatic carbocycles. The number of fused-ring (bicyclic) bond motifs is 1. The molecule has 40 heavy (non-hydrogen) atoms. The Hall–Kier alpha value is -4.17. The van der Waals surface area contributed by atoms with Gasteiger partial charge in [-0.1, -0.05) is 35.6 Å². The van der Waals surface area contributed by atoms with Gasteiger partial charge in [-0.2, -0.15) is 4.31 Å². The van der Waals surface area contributed by atoms with Crippen LogP contribution in [-0.4, -0.2) is 68.8 Å². The molecule has 0 aliphatic carbocycles. The van der Waals surface area contributed by atoms with Crippen molar-refractivity contribution in [1.29, 1.82) is 0 Å². The zero-order chi connectivity index (χ0) is 28.9. The maximum atomic E-state index is 13.8. The predicted molar refractivity (Wildman–Crippen MR) is 147 cm³/mol. The Morgan fingerprint density at radius 3 is 2.10 bits per heavy atom. The summed E-state index contributed by atoms with van der Waals surface area (Å²) in [4.78, 5) is 39.6. The first-order valence-corrected chi connectivity index (χ1v) is 13.9. The van der Waals surface area contributed by atoms with Crippen LogP contribution < -0.4 is 4.74 Å². The normalized spacial score (nSPS) is 13.4. The van der Waals surface area contributed by atoms with Crippen LogP contribution in [0.5, 0.6) is 5.75 Å². The van der Waals surface area contributed by atoms with Crippen molar-refractivity contribution in [2.75, 3.05) is 27.3 Å². The summed E-state index contributed by atoms with van der Waals surface area (Å²) in [7, 11) is -1.72. The molecule has 3 aromatic rings. The van der Waals surface area contributed by atoms with E-state index in [4.69, 9.17) is 21.1 Å². The topological polar surface area (TPSA) is 110 Å². The number of methoxy groups -OCH3 is 2. The Labute approximate surface area is 237 Å². The molecule has 0 N–H and O–H groups in total. The van der Waals surface area contributed by atoms with Gasteiger partial charge in [-0.25, -0.2) is 8.42 Å². The van der Waals surface area contributed by atoms with Crippen LogP contribution in [0.25, 0.3) is 0 Å². The quantitative estimate of drug-likeness (QED) is 0.216. The van der Waals surface area contributed by atoms with Crippen LogP contribution in [0.3, 0.4) is 0 Å². The van der Waals surface area contributed by atoms with Crippen molar-refractivity contribution in [3.05, 3.63) is 94.5 Å². The van der Waals surface area contributed by atoms with E-state index in [2.05, 4.69) is 11.8 Å². The molecule has 1 atom stereocenters. The predicted octanol–water partition coefficient (Wildman–Crippen LogP) is 3.62. The highest BCUT2D eigenvalue weighted by Gasteiger charge is 2.40. The van der Waals surface area contributed by atoms with Gasteiger partial charge in [0.2, 0.25) is 10.0 Å². The van der Waals surface area contributed by atoms with E-state index in [9.17, 15) is 22.8 Å². The highest BCUT2D eigenvalue weighted by Crippen LogP contribution is 2.26. The largest absolute Gasteiger partial charge is 0.497 e. The molecule has 206 valence electrons. The zero-order valence-corrected chi connectivity index (χ0v) is 23.2. The third-order valence-electron chi connectivity index (χ3n) is 6.30. The van der Waals surface area contributed by atoms with Crippen LogP contribution >= 0.6 is 11.6 Å². The third-order valence-corrected chi connectivity index (χ3v) is 8.42. The molecule has 2 amide bonds. The van der Waals surface area contributed by atoms with Crippen molar-refractivity contribution in [2.45, 2.75) is 17.4 Å². The van der Waals surface area contributed by atoms with Crippen LogP contribution in [0, 0.1) is 11.8 Å². The van der Waals surface area contributed by atoms with Crippen molar-refractivity contribution in [1.82, 2.24) is 9.21 Å². The molecule has 1 heterocycles. The van der Waals surface area contributed by atoms with Gasteiger partial charge in [0, 0.05) is 17.1 Å². The summed E-state index contributed by atoms with van der Waals surface area (Å²) in [5.74, 6) is 4.24. The number of hydrogen-bond acceptors (Lipinski definition) is 7. The molecular weight excluding hydrogens is 556 g/mol. The molecule has 0 aromatic heterocycles. The van der Waals surface area contributed by atoms with Crippen LogP contribution in [0.2, 0.25) is 5.02 Å². The highest BCUT2D eigenvalue weighted by molar-refractivity contribution is 7.89. The number of ether oxygens (including phenoxy) is 2. The van der Waals surface area contributed by atoms with E-state index >= 15 is 0 Å². The second-order valence-electron chi connectivity index (χ2n) is 8.67. The number of halogens is 1. The fourth-order valence-corrected chi connectivity index (χ4v) is 5.85. The molecule has 1 aliphatic rings. The molecule has 9 nitrogen and oxygen atoms in total. The molecule has 0 radical (unpaired) electrons. The summed E-state index contributed by atoms with van der Waals surface area (Å²) in [6.07, 6.45) is -0.212. The first kappa shape index (κ1) is 28.8. The van der Waals surface area contributed by atoms with E-state index in [0.717, 1.165) is 16.3 Å². The number of esters is 1. The van der Waals surface area contributed by atoms with Gasteiger partial charge in [0.15, 0.2) is 0 Å². The van der Waals surface area contributed by atoms with E-state index < -0.39 is 33.8 Å². The summed E-state index contributed by atoms with van der Waals surface area (Å²) in [6.45, 7) is -0.593. The smallest absolute Gasteiger partial charge is 0.324 e. The lowest BCUT2D eigenvalue weighted by atomic mass is 10.1. The first-order chi connectivity index (χ1) is 19.2. The third kappa shape index (κ3) is 6.02. The number of nitrogens with zero attached hydrogens (tertiary/aromatic N) is 2. The number of carbonyl (C=O) groups is 3. The summed E-state index contributed by atoms with van der Waals surface area (Å²) in [5, 5.41) is 0.521. The average molecular weight is 581 g/mol. The number of carbonyl (C=O) groups excluding carboxylic acids is 3. The minimum atomic E-state index is -4.30. The number of amides is 2. The lowest BCUT2D eigenvalue weighted by Crippen LogP contribution is -2.47. The fourth-order valence-electron chi connectivity index (χ4n) is 4.21. The Balaban J connectivity index is 1.67. The summed E-state index contributed by atoms with van der Waals surface area (Å²) in [5.41, 5.74) is 1.09. The second kappa shape index (κ2) is 12.3. The fraction of sp³-hybridized carbons (Fsp3) is 0.207. The molecule has 4 rings (SSSR count). The number of sulfonamides is 1. The highest BCUT2D eigenvalue weighted by atomic mass is 35.5. The Bertz CT molecular complexity index is 1560. The van der Waals surface area contributed by atoms with Gasteiger partial charge in [0.25, 0.3) is 11.8 Å². The molecule has 0 spiro atoms. The monoisotopic (exact) mass is 580 g/mol. The maximum absolute atomic E-state index is 13.8. The molecule has 0 bridgehead atoms. The van der Waals surface area contributed by atoms with Gasteiger partial charge >= 0.3 is 5.97 Å². The number of benzene rings is 3. The van der Waals surface area contributed by atoms with E-state index in [1.54, 1.807) is 48.5 Å². The van der Waals surface area contributed by atoms with Crippen LogP contribution in [0.4, 0.5) is 0 Å². The maximum Gasteiger partial charge on any atom is 0.324 e. The standard InChI is InChI=1S/C29H25ClN2O7S/c1-38-22-13-15-23(16-14-22)40(36,37)32(18-5-6-20-9-11-21(30)12-10-20)26(29(35)39-2)17-19-31-27(33)24-7-3-4-8-25(24)28(31)34/h3-4,7-16,26H,17-19H2,1-2H3. The van der Waals surface area contributed by atoms with Crippen molar-refractivity contribution in [3.63, 3.8) is 0 Å². The minimum absolute atomic E-state index is 0.101. The van der Waals surface area contributed by atoms with Crippen LogP contribution in [0.1, 0.15) is 32.7 Å². The van der Waals surface area contributed by atoms with Gasteiger partial charge < -0.3 is 9.47 Å². The summed E-state index contributed by atoms with van der Waals surface area (Å²) >= 11 is 5.93. The first-order valence-electron chi connectivity index (χ1n) is 12.1. The lowest BCUT2D eigenvalue weighted by Gasteiger charge is -2.28. The van der Waals surface area contributed by atoms with Gasteiger partial charge in [-0.3, -0.25) is 19.3 Å². The zero-order valence-electron chi connectivity index (χ0n) is 21.7. The van der Waals surface area contributed by atoms with Gasteiger partial charge in [0.1, 0.15) is 11.8 Å². The van der Waals surface area contributed by atoms with Gasteiger partial charge in [-0.15, -0.1) is 0 Å². The van der Waals surface area contributed by atoms with Crippen molar-refractivity contribution in [3.8, 4) is 17.6 Å². The number of hydrogen-bond donors (Lipinski definition) is 0. The van der Waals surface area contributed by atoms with Gasteiger partial charge in [0.05, 0.1) is 36.8 Å². The molecule has 11 heteroatoms. The van der Waals surface area contributed by atoms with Crippen molar-refractivity contribution < 1.29 is 32.3 Å². The summed E-state index contributed by atoms with van der Waals surface area (Å²) < 4.78 is 38.7. The van der Waals surface area contributed by atoms with E-state index in [-0.39, 0.29) is 35.5 Å². The Morgan fingerprint density at radius 2 is 1.55 bits per heavy atom. The molecular formula is C29H25ClN2O7S. The molecule has 1 unspecified atom stereocenters. The van der Waals surface area contributed by atoms with E-state index in [1.165, 1.54) is 31.4 Å². The van der Waals surface area contributed by atoms with E-state index in [1.807, 2.05) is 0 Å². The van der Waals surface area contributed by atoms with Crippen molar-refractivity contribution in [2.24, 2.45) is 0 Å². The van der Waals surface area contributed by atoms with Crippen LogP contribution in [-0.2, 0) is 19.6 Å². The van der Waals surface area contributed by atoms with Gasteiger partial charge in [-0.05, 0) is 67.1 Å². The molecule has 0 fully saturated rings.